The molecule has 5 aliphatic rings. The maximum absolute atomic E-state index is 18.1. The van der Waals surface area contributed by atoms with Crippen molar-refractivity contribution in [2.24, 2.45) is 0 Å². The number of carbonyl (C=O) groups is 2. The topological polar surface area (TPSA) is 118 Å². The molecule has 18 heteroatoms. The van der Waals surface area contributed by atoms with Gasteiger partial charge in [-0.1, -0.05) is 24.3 Å². The average Bonchev–Trinajstić information content (AvgIpc) is 3.84. The van der Waals surface area contributed by atoms with Gasteiger partial charge in [-0.15, -0.1) is 0 Å². The second-order valence-electron chi connectivity index (χ2n) is 19.7. The number of hydrogen-bond acceptors (Lipinski definition) is 11. The zero-order valence-electron chi connectivity index (χ0n) is 39.9. The number of amides is 2. The van der Waals surface area contributed by atoms with Gasteiger partial charge in [0.15, 0.2) is 5.82 Å². The fourth-order valence-corrected chi connectivity index (χ4v) is 11.0. The predicted octanol–water partition coefficient (Wildman–Crippen LogP) is 9.23. The Balaban J connectivity index is 1.19. The van der Waals surface area contributed by atoms with Crippen LogP contribution >= 0.6 is 0 Å². The van der Waals surface area contributed by atoms with Crippen molar-refractivity contribution in [1.82, 2.24) is 19.7 Å². The molecular formula is C51H59F5N6O7. The minimum absolute atomic E-state index is 0.0306. The number of aromatic nitrogens is 1. The Bertz CT molecular complexity index is 2530. The average molecular weight is 963 g/mol. The van der Waals surface area contributed by atoms with E-state index in [2.05, 4.69) is 15.2 Å². The highest BCUT2D eigenvalue weighted by molar-refractivity contribution is 6.03. The van der Waals surface area contributed by atoms with Crippen LogP contribution in [0.4, 0.5) is 38.1 Å². The van der Waals surface area contributed by atoms with Gasteiger partial charge in [-0.2, -0.15) is 13.2 Å². The molecule has 3 aromatic carbocycles. The quantitative estimate of drug-likeness (QED) is 0.145. The van der Waals surface area contributed by atoms with Crippen LogP contribution in [0.15, 0.2) is 54.6 Å². The highest BCUT2D eigenvalue weighted by Crippen LogP contribution is 2.48. The van der Waals surface area contributed by atoms with Crippen LogP contribution < -0.4 is 24.4 Å². The van der Waals surface area contributed by atoms with E-state index in [-0.39, 0.29) is 61.1 Å². The fraction of sp³-hybridized carbons (Fsp3) is 0.510. The summed E-state index contributed by atoms with van der Waals surface area (Å²) in [5.74, 6) is -2.22. The lowest BCUT2D eigenvalue weighted by Gasteiger charge is -2.47. The van der Waals surface area contributed by atoms with Gasteiger partial charge >= 0.3 is 12.3 Å². The van der Waals surface area contributed by atoms with Gasteiger partial charge in [0.1, 0.15) is 40.3 Å². The molecule has 0 saturated carbocycles. The largest absolute Gasteiger partial charge is 0.497 e. The summed E-state index contributed by atoms with van der Waals surface area (Å²) in [6.45, 7) is 10.0. The van der Waals surface area contributed by atoms with Gasteiger partial charge in [0.2, 0.25) is 5.88 Å². The van der Waals surface area contributed by atoms with Crippen molar-refractivity contribution in [3.05, 3.63) is 94.0 Å². The number of anilines is 2. The smallest absolute Gasteiger partial charge is 0.417 e. The Labute approximate surface area is 398 Å². The lowest BCUT2D eigenvalue weighted by atomic mass is 9.94. The zero-order chi connectivity index (χ0) is 49.1. The molecule has 4 saturated heterocycles. The van der Waals surface area contributed by atoms with E-state index < -0.39 is 82.0 Å². The number of halogens is 5. The number of rotatable bonds is 11. The van der Waals surface area contributed by atoms with E-state index >= 15 is 26.7 Å². The van der Waals surface area contributed by atoms with Crippen LogP contribution in [0.1, 0.15) is 86.0 Å². The fourth-order valence-electron chi connectivity index (χ4n) is 11.0. The van der Waals surface area contributed by atoms with Gasteiger partial charge < -0.3 is 38.8 Å². The van der Waals surface area contributed by atoms with Crippen LogP contribution in [0.5, 0.6) is 17.4 Å². The van der Waals surface area contributed by atoms with Crippen LogP contribution in [0.3, 0.4) is 0 Å². The van der Waals surface area contributed by atoms with E-state index in [9.17, 15) is 4.79 Å². The Morgan fingerprint density at radius 3 is 2.16 bits per heavy atom. The lowest BCUT2D eigenvalue weighted by molar-refractivity contribution is -0.137. The van der Waals surface area contributed by atoms with Gasteiger partial charge in [-0.3, -0.25) is 14.6 Å². The summed E-state index contributed by atoms with van der Waals surface area (Å²) in [5, 5.41) is 3.20. The molecule has 0 spiro atoms. The van der Waals surface area contributed by atoms with Gasteiger partial charge in [0.05, 0.1) is 62.5 Å². The molecule has 0 aliphatic carbocycles. The molecule has 0 unspecified atom stereocenters. The molecule has 6 heterocycles. The second-order valence-corrected chi connectivity index (χ2v) is 19.7. The van der Waals surface area contributed by atoms with E-state index in [1.807, 2.05) is 0 Å². The molecule has 370 valence electrons. The number of nitrogens with zero attached hydrogens (tertiary/aromatic N) is 5. The monoisotopic (exact) mass is 962 g/mol. The minimum Gasteiger partial charge on any atom is -0.497 e. The first-order chi connectivity index (χ1) is 32.8. The summed E-state index contributed by atoms with van der Waals surface area (Å²) < 4.78 is 111. The van der Waals surface area contributed by atoms with Crippen molar-refractivity contribution >= 4 is 23.4 Å². The molecule has 69 heavy (non-hydrogen) atoms. The third-order valence-corrected chi connectivity index (χ3v) is 14.2. The maximum Gasteiger partial charge on any atom is 0.417 e. The summed E-state index contributed by atoms with van der Waals surface area (Å²) in [7, 11) is 3.04. The van der Waals surface area contributed by atoms with E-state index in [0.717, 1.165) is 25.8 Å². The molecule has 0 radical (unpaired) electrons. The minimum atomic E-state index is -5.19. The number of hydrogen-bond donors (Lipinski definition) is 1. The van der Waals surface area contributed by atoms with Crippen molar-refractivity contribution < 1.29 is 55.2 Å². The molecule has 1 N–H and O–H groups in total. The van der Waals surface area contributed by atoms with Crippen molar-refractivity contribution in [1.29, 1.82) is 0 Å². The summed E-state index contributed by atoms with van der Waals surface area (Å²) in [6.07, 6.45) is -3.91. The molecular weight excluding hydrogens is 904 g/mol. The Hall–Kier alpha value is -5.88. The highest BCUT2D eigenvalue weighted by atomic mass is 19.4. The first-order valence-corrected chi connectivity index (χ1v) is 23.6. The van der Waals surface area contributed by atoms with Crippen LogP contribution in [0, 0.1) is 18.6 Å². The van der Waals surface area contributed by atoms with Gasteiger partial charge in [-0.25, -0.2) is 18.6 Å². The summed E-state index contributed by atoms with van der Waals surface area (Å²) in [5.41, 5.74) is -3.96. The van der Waals surface area contributed by atoms with Crippen LogP contribution in [-0.2, 0) is 28.7 Å². The molecule has 6 atom stereocenters. The summed E-state index contributed by atoms with van der Waals surface area (Å²) >= 11 is 0. The number of fused-ring (bicyclic) bond motifs is 6. The highest BCUT2D eigenvalue weighted by Gasteiger charge is 2.55. The summed E-state index contributed by atoms with van der Waals surface area (Å²) in [4.78, 5) is 40.5. The Morgan fingerprint density at radius 2 is 1.55 bits per heavy atom. The number of piperazine rings is 1. The maximum atomic E-state index is 18.1. The molecule has 13 nitrogen and oxygen atoms in total. The zero-order valence-corrected chi connectivity index (χ0v) is 39.9. The van der Waals surface area contributed by atoms with Crippen molar-refractivity contribution in [3.63, 3.8) is 0 Å². The first kappa shape index (κ1) is 48.2. The molecule has 1 aromatic heterocycles. The number of alkyl halides is 3. The number of pyridine rings is 1. The van der Waals surface area contributed by atoms with Crippen molar-refractivity contribution in [3.8, 4) is 28.6 Å². The van der Waals surface area contributed by atoms with E-state index in [0.29, 0.717) is 55.2 Å². The molecule has 5 aliphatic heterocycles. The lowest BCUT2D eigenvalue weighted by Crippen LogP contribution is -2.65. The number of methoxy groups -OCH3 is 2. The molecule has 4 aromatic rings. The standard InChI is InChI=1S/C51H59F5N6O7/c1-28-41(51(54,55)56)37(22-39(42(28)52)59(24-30-8-15-35(65-6)16-9-30)25-31-10-17-36(66-7)18-11-31)44-43(53)45(57-23-32-12-13-34-27-67-21-20-60(32)34)40-47(58-44)68-29(2)46-38-19-14-33(26-61(46)48(40)63)62(38)49(64)69-50(3,4)5/h8-11,15-18,22,29,32-34,38,46H,12-14,19-21,23-27H2,1-7H3,(H,57,58)/t29-,32+,33+,34+,38-,46+/m0/s1. The van der Waals surface area contributed by atoms with E-state index in [1.54, 1.807) is 90.9 Å². The van der Waals surface area contributed by atoms with Crippen LogP contribution in [0.2, 0.25) is 0 Å². The van der Waals surface area contributed by atoms with E-state index in [4.69, 9.17) is 23.7 Å². The summed E-state index contributed by atoms with van der Waals surface area (Å²) in [6, 6.07) is 13.3. The predicted molar refractivity (Wildman–Crippen MR) is 248 cm³/mol. The number of nitrogens with one attached hydrogen (secondary N) is 1. The first-order valence-electron chi connectivity index (χ1n) is 23.6. The third-order valence-electron chi connectivity index (χ3n) is 14.2. The van der Waals surface area contributed by atoms with E-state index in [1.165, 1.54) is 14.2 Å². The molecule has 9 rings (SSSR count). The normalized spacial score (nSPS) is 23.4. The third kappa shape index (κ3) is 9.33. The molecule has 2 amide bonds. The van der Waals surface area contributed by atoms with Gasteiger partial charge in [-0.05, 0) is 107 Å². The number of benzene rings is 3. The van der Waals surface area contributed by atoms with Crippen LogP contribution in [0.25, 0.3) is 11.3 Å². The van der Waals surface area contributed by atoms with Crippen molar-refractivity contribution in [2.75, 3.05) is 57.3 Å². The van der Waals surface area contributed by atoms with Gasteiger partial charge in [0.25, 0.3) is 5.91 Å². The Kier molecular flexibility index (Phi) is 13.1. The number of carbonyl (C=O) groups excluding carboxylic acids is 2. The van der Waals surface area contributed by atoms with Crippen molar-refractivity contribution in [2.45, 2.75) is 121 Å². The number of ether oxygens (including phenoxy) is 5. The molecule has 4 fully saturated rings. The second kappa shape index (κ2) is 18.8. The number of morpholine rings is 1. The SMILES string of the molecule is COc1ccc(CN(Cc2ccc(OC)cc2)c2cc(-c3nc4c(c(NC[C@H]5CC[C@@H]6COCCN56)c3F)C(=O)N3C[C@H]5CC[C@@H]([C@H]3[C@H](C)O4)N5C(=O)OC(C)(C)C)c(C(F)(F)F)c(C)c2F)cc1. The molecule has 2 bridgehead atoms. The van der Waals surface area contributed by atoms with Gasteiger partial charge in [0, 0.05) is 50.4 Å². The Morgan fingerprint density at radius 1 is 0.913 bits per heavy atom. The van der Waals surface area contributed by atoms with Crippen LogP contribution in [-0.4, -0.2) is 121 Å².